The molecular weight excluding hydrogens is 461 g/mol. The summed E-state index contributed by atoms with van der Waals surface area (Å²) < 4.78 is 24.7. The van der Waals surface area contributed by atoms with E-state index in [4.69, 9.17) is 9.47 Å². The van der Waals surface area contributed by atoms with E-state index in [0.717, 1.165) is 49.9 Å². The molecule has 4 rings (SSSR count). The van der Waals surface area contributed by atoms with Gasteiger partial charge in [0.05, 0.1) is 7.11 Å². The summed E-state index contributed by atoms with van der Waals surface area (Å²) in [7, 11) is 5.56. The summed E-state index contributed by atoms with van der Waals surface area (Å²) in [5.74, 6) is 1.47. The minimum Gasteiger partial charge on any atom is -0.493 e. The summed E-state index contributed by atoms with van der Waals surface area (Å²) >= 11 is 0. The Bertz CT molecular complexity index is 1160. The van der Waals surface area contributed by atoms with Crippen LogP contribution in [0.1, 0.15) is 24.3 Å². The lowest BCUT2D eigenvalue weighted by Crippen LogP contribution is -2.40. The molecule has 0 unspecified atom stereocenters. The van der Waals surface area contributed by atoms with Gasteiger partial charge in [0.2, 0.25) is 0 Å². The fourth-order valence-corrected chi connectivity index (χ4v) is 4.63. The van der Waals surface area contributed by atoms with Gasteiger partial charge in [-0.15, -0.1) is 0 Å². The summed E-state index contributed by atoms with van der Waals surface area (Å²) in [6, 6.07) is 10.0. The molecule has 1 aliphatic rings. The molecular formula is C27H36FN5O3. The molecule has 1 aliphatic heterocycles. The van der Waals surface area contributed by atoms with Crippen LogP contribution in [0.2, 0.25) is 0 Å². The Morgan fingerprint density at radius 2 is 1.97 bits per heavy atom. The number of likely N-dealkylation sites (tertiary alicyclic amines) is 1. The third-order valence-corrected chi connectivity index (χ3v) is 6.63. The Kier molecular flexibility index (Phi) is 8.66. The Labute approximate surface area is 211 Å². The van der Waals surface area contributed by atoms with E-state index in [1.165, 1.54) is 11.6 Å². The van der Waals surface area contributed by atoms with Crippen molar-refractivity contribution in [3.63, 3.8) is 0 Å². The summed E-state index contributed by atoms with van der Waals surface area (Å²) in [4.78, 5) is 20.0. The number of nitrogens with one attached hydrogen (secondary N) is 3. The molecule has 0 radical (unpaired) electrons. The zero-order valence-corrected chi connectivity index (χ0v) is 21.3. The van der Waals surface area contributed by atoms with Crippen LogP contribution in [0.4, 0.5) is 14.9 Å². The quantitative estimate of drug-likeness (QED) is 0.390. The molecule has 2 amide bonds. The van der Waals surface area contributed by atoms with Crippen LogP contribution in [0.25, 0.3) is 10.9 Å². The second-order valence-corrected chi connectivity index (χ2v) is 9.45. The van der Waals surface area contributed by atoms with Gasteiger partial charge in [-0.2, -0.15) is 0 Å². The first-order valence-corrected chi connectivity index (χ1v) is 12.4. The number of carbonyl (C=O) groups excluding carboxylic acids is 1. The van der Waals surface area contributed by atoms with E-state index >= 15 is 0 Å². The molecule has 1 fully saturated rings. The number of carbonyl (C=O) groups is 1. The molecule has 2 aromatic carbocycles. The first-order valence-electron chi connectivity index (χ1n) is 12.4. The van der Waals surface area contributed by atoms with E-state index in [9.17, 15) is 9.18 Å². The third kappa shape index (κ3) is 6.67. The summed E-state index contributed by atoms with van der Waals surface area (Å²) in [6.07, 6.45) is 4.10. The van der Waals surface area contributed by atoms with Crippen LogP contribution < -0.4 is 20.1 Å². The minimum absolute atomic E-state index is 0.219. The number of rotatable bonds is 10. The second-order valence-electron chi connectivity index (χ2n) is 9.45. The van der Waals surface area contributed by atoms with E-state index < -0.39 is 0 Å². The fraction of sp³-hybridized carbons (Fsp3) is 0.444. The van der Waals surface area contributed by atoms with E-state index in [1.54, 1.807) is 31.4 Å². The number of halogens is 1. The molecule has 0 atom stereocenters. The summed E-state index contributed by atoms with van der Waals surface area (Å²) in [5.41, 5.74) is 2.77. The highest BCUT2D eigenvalue weighted by Crippen LogP contribution is 2.33. The predicted molar refractivity (Wildman–Crippen MR) is 141 cm³/mol. The summed E-state index contributed by atoms with van der Waals surface area (Å²) in [6.45, 7) is 4.59. The van der Waals surface area contributed by atoms with Crippen molar-refractivity contribution in [2.75, 3.05) is 65.9 Å². The number of hydrogen-bond donors (Lipinski definition) is 3. The maximum atomic E-state index is 13.5. The number of anilines is 1. The van der Waals surface area contributed by atoms with Crippen LogP contribution in [0, 0.1) is 5.82 Å². The predicted octanol–water partition coefficient (Wildman–Crippen LogP) is 4.26. The van der Waals surface area contributed by atoms with Gasteiger partial charge in [-0.25, -0.2) is 9.18 Å². The summed E-state index contributed by atoms with van der Waals surface area (Å²) in [5, 5.41) is 6.92. The third-order valence-electron chi connectivity index (χ3n) is 6.63. The number of aromatic nitrogens is 1. The Morgan fingerprint density at radius 1 is 1.17 bits per heavy atom. The van der Waals surface area contributed by atoms with Crippen molar-refractivity contribution in [3.8, 4) is 11.5 Å². The van der Waals surface area contributed by atoms with Crippen molar-refractivity contribution in [2.24, 2.45) is 0 Å². The van der Waals surface area contributed by atoms with Crippen LogP contribution >= 0.6 is 0 Å². The van der Waals surface area contributed by atoms with Crippen molar-refractivity contribution in [2.45, 2.75) is 18.8 Å². The van der Waals surface area contributed by atoms with Gasteiger partial charge in [0.15, 0.2) is 11.5 Å². The normalized spacial score (nSPS) is 14.8. The number of urea groups is 1. The molecule has 8 nitrogen and oxygen atoms in total. The molecule has 2 heterocycles. The topological polar surface area (TPSA) is 81.9 Å². The largest absolute Gasteiger partial charge is 0.493 e. The molecule has 3 aromatic rings. The van der Waals surface area contributed by atoms with Gasteiger partial charge in [0.1, 0.15) is 12.4 Å². The van der Waals surface area contributed by atoms with Crippen molar-refractivity contribution in [1.29, 1.82) is 0 Å². The van der Waals surface area contributed by atoms with Gasteiger partial charge in [-0.3, -0.25) is 0 Å². The zero-order chi connectivity index (χ0) is 25.5. The number of ether oxygens (including phenoxy) is 2. The lowest BCUT2D eigenvalue weighted by atomic mass is 9.89. The van der Waals surface area contributed by atoms with Gasteiger partial charge in [0, 0.05) is 48.5 Å². The molecule has 0 saturated carbocycles. The van der Waals surface area contributed by atoms with E-state index in [2.05, 4.69) is 20.5 Å². The number of benzene rings is 2. The van der Waals surface area contributed by atoms with Crippen LogP contribution in [0.5, 0.6) is 11.5 Å². The van der Waals surface area contributed by atoms with E-state index in [0.29, 0.717) is 36.3 Å². The Balaban J connectivity index is 1.20. The highest BCUT2D eigenvalue weighted by Gasteiger charge is 2.22. The molecule has 1 saturated heterocycles. The number of methoxy groups -OCH3 is 1. The number of likely N-dealkylation sites (N-methyl/N-ethyl adjacent to an activating group) is 1. The molecule has 36 heavy (non-hydrogen) atoms. The van der Waals surface area contributed by atoms with Crippen molar-refractivity contribution >= 4 is 22.6 Å². The number of nitrogens with zero attached hydrogens (tertiary/aromatic N) is 2. The molecule has 194 valence electrons. The first-order chi connectivity index (χ1) is 17.4. The fourth-order valence-electron chi connectivity index (χ4n) is 4.63. The number of aromatic amines is 1. The van der Waals surface area contributed by atoms with E-state index in [1.807, 2.05) is 31.3 Å². The number of hydrogen-bond acceptors (Lipinski definition) is 5. The zero-order valence-electron chi connectivity index (χ0n) is 21.3. The van der Waals surface area contributed by atoms with Gasteiger partial charge in [-0.1, -0.05) is 0 Å². The average molecular weight is 498 g/mol. The number of amides is 2. The van der Waals surface area contributed by atoms with Gasteiger partial charge in [-0.05, 0) is 81.8 Å². The number of H-pyrrole nitrogens is 1. The molecule has 3 N–H and O–H groups in total. The van der Waals surface area contributed by atoms with Crippen LogP contribution in [-0.4, -0.2) is 81.4 Å². The second kappa shape index (κ2) is 12.1. The molecule has 0 spiro atoms. The highest BCUT2D eigenvalue weighted by molar-refractivity contribution is 5.89. The van der Waals surface area contributed by atoms with Gasteiger partial charge in [0.25, 0.3) is 0 Å². The van der Waals surface area contributed by atoms with Crippen molar-refractivity contribution in [1.82, 2.24) is 20.1 Å². The van der Waals surface area contributed by atoms with E-state index in [-0.39, 0.29) is 11.8 Å². The first kappa shape index (κ1) is 25.8. The SMILES string of the molecule is COc1ccc(NC(=O)NCCN2CCC(c3c[nH]c4cc(F)ccc34)CC2)cc1OCCN(C)C. The highest BCUT2D eigenvalue weighted by atomic mass is 19.1. The lowest BCUT2D eigenvalue weighted by molar-refractivity contribution is 0.211. The number of piperidine rings is 1. The Hall–Kier alpha value is -3.30. The standard InChI is InChI=1S/C27H36FN5O3/c1-32(2)14-15-36-26-17-21(5-7-25(26)35-3)31-27(34)29-10-13-33-11-8-19(9-12-33)23-18-30-24-16-20(28)4-6-22(23)24/h4-7,16-19,30H,8-15H2,1-3H3,(H2,29,31,34). The average Bonchev–Trinajstić information content (AvgIpc) is 3.27. The minimum atomic E-state index is -0.250. The van der Waals surface area contributed by atoms with Gasteiger partial charge >= 0.3 is 6.03 Å². The molecule has 0 bridgehead atoms. The number of fused-ring (bicyclic) bond motifs is 1. The van der Waals surface area contributed by atoms with Crippen LogP contribution in [0.3, 0.4) is 0 Å². The monoisotopic (exact) mass is 497 g/mol. The molecule has 0 aliphatic carbocycles. The Morgan fingerprint density at radius 3 is 2.72 bits per heavy atom. The van der Waals surface area contributed by atoms with Crippen LogP contribution in [0.15, 0.2) is 42.6 Å². The van der Waals surface area contributed by atoms with Crippen molar-refractivity contribution in [3.05, 3.63) is 54.0 Å². The smallest absolute Gasteiger partial charge is 0.319 e. The molecule has 9 heteroatoms. The molecule has 1 aromatic heterocycles. The lowest BCUT2D eigenvalue weighted by Gasteiger charge is -2.32. The van der Waals surface area contributed by atoms with Gasteiger partial charge < -0.3 is 34.9 Å². The van der Waals surface area contributed by atoms with Crippen molar-refractivity contribution < 1.29 is 18.7 Å². The maximum absolute atomic E-state index is 13.5. The van der Waals surface area contributed by atoms with Crippen LogP contribution in [-0.2, 0) is 0 Å². The maximum Gasteiger partial charge on any atom is 0.319 e.